The van der Waals surface area contributed by atoms with E-state index in [4.69, 9.17) is 5.11 Å². The van der Waals surface area contributed by atoms with E-state index in [9.17, 15) is 9.59 Å². The van der Waals surface area contributed by atoms with Crippen LogP contribution in [0.5, 0.6) is 0 Å². The number of aromatic carboxylic acids is 1. The summed E-state index contributed by atoms with van der Waals surface area (Å²) in [5.74, 6) is -0.585. The Bertz CT molecular complexity index is 904. The zero-order valence-corrected chi connectivity index (χ0v) is 14.4. The maximum Gasteiger partial charge on any atom is 0.335 e. The average molecular weight is 353 g/mol. The van der Waals surface area contributed by atoms with Crippen molar-refractivity contribution in [1.82, 2.24) is 9.88 Å². The second-order valence-electron chi connectivity index (χ2n) is 5.43. The molecule has 1 N–H and O–H groups in total. The number of carboxylic acid groups (broad SMARTS) is 1. The van der Waals surface area contributed by atoms with E-state index in [0.717, 1.165) is 11.3 Å². The highest BCUT2D eigenvalue weighted by atomic mass is 32.2. The van der Waals surface area contributed by atoms with Gasteiger partial charge in [-0.05, 0) is 54.6 Å². The molecule has 6 nitrogen and oxygen atoms in total. The van der Waals surface area contributed by atoms with Crippen molar-refractivity contribution >= 4 is 40.7 Å². The van der Waals surface area contributed by atoms with Crippen LogP contribution < -0.4 is 0 Å². The standard InChI is InChI=1S/C18H15N3O3S/c1-11-4-3-5-15(19-11)20-18-21(2)16(22)14(25-18)10-12-6-8-13(9-7-12)17(23)24/h3-10H,1-2H3,(H,23,24)/b14-10+,20-18?. The van der Waals surface area contributed by atoms with E-state index in [1.165, 1.54) is 28.8 Å². The molecule has 1 aliphatic heterocycles. The number of thioether (sulfide) groups is 1. The molecular weight excluding hydrogens is 338 g/mol. The Morgan fingerprint density at radius 1 is 1.24 bits per heavy atom. The monoisotopic (exact) mass is 353 g/mol. The summed E-state index contributed by atoms with van der Waals surface area (Å²) >= 11 is 1.26. The molecule has 0 bridgehead atoms. The number of hydrogen-bond acceptors (Lipinski definition) is 5. The van der Waals surface area contributed by atoms with E-state index in [2.05, 4.69) is 9.98 Å². The number of aliphatic imine (C=N–C) groups is 1. The molecule has 0 saturated carbocycles. The lowest BCUT2D eigenvalue weighted by atomic mass is 10.1. The first-order valence-corrected chi connectivity index (χ1v) is 8.29. The van der Waals surface area contributed by atoms with Crippen LogP contribution in [-0.2, 0) is 4.79 Å². The second kappa shape index (κ2) is 6.90. The van der Waals surface area contributed by atoms with Crippen LogP contribution in [0.4, 0.5) is 5.82 Å². The molecule has 1 aliphatic rings. The van der Waals surface area contributed by atoms with Crippen LogP contribution in [0.1, 0.15) is 21.6 Å². The van der Waals surface area contributed by atoms with Gasteiger partial charge in [0.05, 0.1) is 10.5 Å². The summed E-state index contributed by atoms with van der Waals surface area (Å²) in [6.07, 6.45) is 1.72. The molecule has 3 rings (SSSR count). The normalized spacial score (nSPS) is 17.5. The van der Waals surface area contributed by atoms with Crippen LogP contribution in [0.2, 0.25) is 0 Å². The predicted octanol–water partition coefficient (Wildman–Crippen LogP) is 3.32. The van der Waals surface area contributed by atoms with Crippen LogP contribution in [0.15, 0.2) is 52.4 Å². The SMILES string of the molecule is Cc1cccc(N=C2S/C(=C/c3ccc(C(=O)O)cc3)C(=O)N2C)n1. The third kappa shape index (κ3) is 3.77. The molecule has 2 aromatic rings. The van der Waals surface area contributed by atoms with E-state index >= 15 is 0 Å². The molecule has 1 aromatic carbocycles. The van der Waals surface area contributed by atoms with Crippen molar-refractivity contribution in [3.8, 4) is 0 Å². The van der Waals surface area contributed by atoms with Gasteiger partial charge in [0.1, 0.15) is 0 Å². The zero-order chi connectivity index (χ0) is 18.0. The van der Waals surface area contributed by atoms with Gasteiger partial charge in [-0.15, -0.1) is 0 Å². The Morgan fingerprint density at radius 3 is 2.60 bits per heavy atom. The van der Waals surface area contributed by atoms with E-state index in [1.54, 1.807) is 31.3 Å². The fraction of sp³-hybridized carbons (Fsp3) is 0.111. The minimum Gasteiger partial charge on any atom is -0.478 e. The zero-order valence-electron chi connectivity index (χ0n) is 13.6. The summed E-state index contributed by atoms with van der Waals surface area (Å²) < 4.78 is 0. The molecule has 1 saturated heterocycles. The largest absolute Gasteiger partial charge is 0.478 e. The van der Waals surface area contributed by atoms with Crippen molar-refractivity contribution in [3.05, 3.63) is 64.2 Å². The van der Waals surface area contributed by atoms with E-state index in [-0.39, 0.29) is 11.5 Å². The number of carbonyl (C=O) groups excluding carboxylic acids is 1. The van der Waals surface area contributed by atoms with E-state index < -0.39 is 5.97 Å². The van der Waals surface area contributed by atoms with Gasteiger partial charge in [-0.2, -0.15) is 0 Å². The number of carboxylic acids is 1. The number of likely N-dealkylation sites (N-methyl/N-ethyl adjacent to an activating group) is 1. The summed E-state index contributed by atoms with van der Waals surface area (Å²) in [7, 11) is 1.67. The number of rotatable bonds is 3. The van der Waals surface area contributed by atoms with Gasteiger partial charge in [-0.1, -0.05) is 18.2 Å². The minimum atomic E-state index is -0.981. The lowest BCUT2D eigenvalue weighted by Crippen LogP contribution is -2.23. The number of carbonyl (C=O) groups is 2. The first-order chi connectivity index (χ1) is 11.9. The molecular formula is C18H15N3O3S. The Hall–Kier alpha value is -2.93. The number of nitrogens with zero attached hydrogens (tertiary/aromatic N) is 3. The summed E-state index contributed by atoms with van der Waals surface area (Å²) in [5, 5.41) is 9.48. The molecule has 1 fully saturated rings. The van der Waals surface area contributed by atoms with Gasteiger partial charge in [-0.3, -0.25) is 9.69 Å². The molecule has 0 atom stereocenters. The van der Waals surface area contributed by atoms with Crippen molar-refractivity contribution in [3.63, 3.8) is 0 Å². The van der Waals surface area contributed by atoms with Gasteiger partial charge in [-0.25, -0.2) is 14.8 Å². The van der Waals surface area contributed by atoms with Gasteiger partial charge in [0.15, 0.2) is 11.0 Å². The Labute approximate surface area is 148 Å². The van der Waals surface area contributed by atoms with Gasteiger partial charge in [0.25, 0.3) is 5.91 Å². The van der Waals surface area contributed by atoms with Crippen LogP contribution >= 0.6 is 11.8 Å². The summed E-state index contributed by atoms with van der Waals surface area (Å²) in [5.41, 5.74) is 1.81. The molecule has 0 aliphatic carbocycles. The molecule has 25 heavy (non-hydrogen) atoms. The number of aromatic nitrogens is 1. The van der Waals surface area contributed by atoms with Gasteiger partial charge in [0.2, 0.25) is 0 Å². The number of pyridine rings is 1. The molecule has 1 amide bonds. The fourth-order valence-electron chi connectivity index (χ4n) is 2.21. The molecule has 0 radical (unpaired) electrons. The molecule has 7 heteroatoms. The second-order valence-corrected chi connectivity index (χ2v) is 6.44. The molecule has 1 aromatic heterocycles. The van der Waals surface area contributed by atoms with Crippen LogP contribution in [0.25, 0.3) is 6.08 Å². The number of hydrogen-bond donors (Lipinski definition) is 1. The topological polar surface area (TPSA) is 82.9 Å². The van der Waals surface area contributed by atoms with Crippen LogP contribution in [0.3, 0.4) is 0 Å². The quantitative estimate of drug-likeness (QED) is 0.856. The average Bonchev–Trinajstić information content (AvgIpc) is 2.83. The van der Waals surface area contributed by atoms with Crippen LogP contribution in [-0.4, -0.2) is 39.1 Å². The molecule has 2 heterocycles. The minimum absolute atomic E-state index is 0.154. The highest BCUT2D eigenvalue weighted by molar-refractivity contribution is 8.18. The maximum absolute atomic E-state index is 12.4. The summed E-state index contributed by atoms with van der Waals surface area (Å²) in [4.78, 5) is 34.0. The first-order valence-electron chi connectivity index (χ1n) is 7.47. The number of aryl methyl sites for hydroxylation is 1. The van der Waals surface area contributed by atoms with Gasteiger partial charge >= 0.3 is 5.97 Å². The fourth-order valence-corrected chi connectivity index (χ4v) is 3.19. The Morgan fingerprint density at radius 2 is 1.96 bits per heavy atom. The summed E-state index contributed by atoms with van der Waals surface area (Å²) in [6, 6.07) is 11.9. The van der Waals surface area contributed by atoms with E-state index in [0.29, 0.717) is 15.9 Å². The van der Waals surface area contributed by atoms with Crippen LogP contribution in [0, 0.1) is 6.92 Å². The third-order valence-corrected chi connectivity index (χ3v) is 4.60. The number of amidine groups is 1. The Balaban J connectivity index is 1.86. The molecule has 0 unspecified atom stereocenters. The summed E-state index contributed by atoms with van der Waals surface area (Å²) in [6.45, 7) is 1.88. The smallest absolute Gasteiger partial charge is 0.335 e. The first kappa shape index (κ1) is 16.9. The van der Waals surface area contributed by atoms with Crippen molar-refractivity contribution in [2.45, 2.75) is 6.92 Å². The third-order valence-electron chi connectivity index (χ3n) is 3.54. The number of amides is 1. The Kier molecular flexibility index (Phi) is 4.67. The van der Waals surface area contributed by atoms with Crippen molar-refractivity contribution in [2.75, 3.05) is 7.05 Å². The predicted molar refractivity (Wildman–Crippen MR) is 97.8 cm³/mol. The van der Waals surface area contributed by atoms with Gasteiger partial charge < -0.3 is 5.11 Å². The van der Waals surface area contributed by atoms with Crippen molar-refractivity contribution < 1.29 is 14.7 Å². The highest BCUT2D eigenvalue weighted by Gasteiger charge is 2.30. The lowest BCUT2D eigenvalue weighted by molar-refractivity contribution is -0.121. The van der Waals surface area contributed by atoms with Crippen molar-refractivity contribution in [2.24, 2.45) is 4.99 Å². The van der Waals surface area contributed by atoms with Crippen molar-refractivity contribution in [1.29, 1.82) is 0 Å². The highest BCUT2D eigenvalue weighted by Crippen LogP contribution is 2.32. The number of benzene rings is 1. The molecule has 0 spiro atoms. The lowest BCUT2D eigenvalue weighted by Gasteiger charge is -2.06. The maximum atomic E-state index is 12.4. The van der Waals surface area contributed by atoms with Gasteiger partial charge in [0, 0.05) is 12.7 Å². The van der Waals surface area contributed by atoms with E-state index in [1.807, 2.05) is 19.1 Å². The molecule has 126 valence electrons.